The van der Waals surface area contributed by atoms with Crippen LogP contribution in [0.15, 0.2) is 15.8 Å². The molecule has 0 aliphatic carbocycles. The van der Waals surface area contributed by atoms with Gasteiger partial charge in [0.25, 0.3) is 5.56 Å². The van der Waals surface area contributed by atoms with Crippen LogP contribution in [-0.2, 0) is 23.4 Å². The molecule has 1 aromatic heterocycles. The van der Waals surface area contributed by atoms with Gasteiger partial charge in [-0.05, 0) is 25.3 Å². The number of alkyl halides is 1. The fraction of sp³-hybridized carbons (Fsp3) is 0.588. The molecule has 6 atom stereocenters. The molecule has 0 bridgehead atoms. The standard InChI is InChI=1S/C17H18B2ClFN3O8P/c1-5-16(20)10(25)11(31-14(16)24-6-9(21)12(26)22-15(24)28)17(18,19)32-33(29)23-8(4)13(27)30-7(2)3/h1,6-8,10-11,14,25H,2-4H3,(H-,22,23,26,28,29)/p+1/t8-,10-,11?,14+,16?/m0/s1. The first-order valence-corrected chi connectivity index (χ1v) is 10.9. The van der Waals surface area contributed by atoms with Crippen LogP contribution in [0.5, 0.6) is 0 Å². The highest BCUT2D eigenvalue weighted by Gasteiger charge is 2.61. The zero-order chi connectivity index (χ0) is 25.3. The minimum Gasteiger partial charge on any atom is -0.462 e. The minimum absolute atomic E-state index is 0.426. The predicted molar refractivity (Wildman–Crippen MR) is 115 cm³/mol. The van der Waals surface area contributed by atoms with Gasteiger partial charge in [-0.1, -0.05) is 22.6 Å². The number of terminal acetylenes is 1. The molecule has 33 heavy (non-hydrogen) atoms. The van der Waals surface area contributed by atoms with Crippen LogP contribution >= 0.6 is 19.8 Å². The van der Waals surface area contributed by atoms with E-state index in [2.05, 4.69) is 5.09 Å². The molecule has 0 saturated carbocycles. The fourth-order valence-electron chi connectivity index (χ4n) is 2.86. The molecule has 11 nitrogen and oxygen atoms in total. The van der Waals surface area contributed by atoms with Gasteiger partial charge in [0.1, 0.15) is 33.9 Å². The lowest BCUT2D eigenvalue weighted by molar-refractivity contribution is -0.149. The van der Waals surface area contributed by atoms with Crippen molar-refractivity contribution in [2.45, 2.75) is 61.6 Å². The Balaban J connectivity index is 2.27. The number of rotatable bonds is 8. The van der Waals surface area contributed by atoms with Crippen molar-refractivity contribution in [1.82, 2.24) is 14.6 Å². The zero-order valence-corrected chi connectivity index (χ0v) is 19.3. The van der Waals surface area contributed by atoms with Crippen molar-refractivity contribution < 1.29 is 32.9 Å². The number of nitrogens with one attached hydrogen (secondary N) is 2. The van der Waals surface area contributed by atoms with E-state index in [-0.39, 0.29) is 0 Å². The van der Waals surface area contributed by atoms with Crippen LogP contribution in [0.3, 0.4) is 0 Å². The Kier molecular flexibility index (Phi) is 8.33. The number of ether oxygens (including phenoxy) is 2. The summed E-state index contributed by atoms with van der Waals surface area (Å²) in [7, 11) is 8.74. The quantitative estimate of drug-likeness (QED) is 0.136. The van der Waals surface area contributed by atoms with Crippen molar-refractivity contribution in [3.8, 4) is 12.3 Å². The maximum Gasteiger partial charge on any atom is 0.612 e. The van der Waals surface area contributed by atoms with E-state index in [1.807, 2.05) is 5.92 Å². The fourth-order valence-corrected chi connectivity index (χ4v) is 3.99. The summed E-state index contributed by atoms with van der Waals surface area (Å²) >= 11 is 6.28. The van der Waals surface area contributed by atoms with Gasteiger partial charge in [-0.15, -0.1) is 10.9 Å². The summed E-state index contributed by atoms with van der Waals surface area (Å²) in [6, 6.07) is -1.09. The predicted octanol–water partition coefficient (Wildman–Crippen LogP) is -0.861. The second kappa shape index (κ2) is 10.1. The summed E-state index contributed by atoms with van der Waals surface area (Å²) in [6.07, 6.45) is -0.0717. The number of aromatic amines is 1. The molecular formula is C17H19B2ClFN3O8P+. The molecule has 16 heteroatoms. The Labute approximate surface area is 196 Å². The third kappa shape index (κ3) is 5.74. The van der Waals surface area contributed by atoms with E-state index >= 15 is 0 Å². The van der Waals surface area contributed by atoms with Gasteiger partial charge in [0.2, 0.25) is 5.82 Å². The Hall–Kier alpha value is -2.00. The topological polar surface area (TPSA) is 149 Å². The lowest BCUT2D eigenvalue weighted by Crippen LogP contribution is -2.53. The van der Waals surface area contributed by atoms with Crippen LogP contribution in [-0.4, -0.2) is 70.9 Å². The van der Waals surface area contributed by atoms with Gasteiger partial charge in [-0.2, -0.15) is 4.39 Å². The van der Waals surface area contributed by atoms with Crippen LogP contribution in [0.1, 0.15) is 27.0 Å². The maximum atomic E-state index is 13.8. The van der Waals surface area contributed by atoms with E-state index in [0.29, 0.717) is 10.8 Å². The molecule has 1 fully saturated rings. The highest BCUT2D eigenvalue weighted by atomic mass is 35.5. The van der Waals surface area contributed by atoms with Crippen molar-refractivity contribution in [2.24, 2.45) is 0 Å². The SMILES string of the molecule is [B]C([B])(O[P+](=O)N[C@@H](C)C(=O)OC(C)C)C1O[C@@H](n2cc(F)c(=O)[nH]c2=O)C(Cl)(C#C)[C@H]1O. The molecule has 1 aliphatic heterocycles. The molecule has 0 amide bonds. The van der Waals surface area contributed by atoms with Crippen LogP contribution < -0.4 is 16.3 Å². The number of carbonyl (C=O) groups is 1. The van der Waals surface area contributed by atoms with Gasteiger partial charge in [0.15, 0.2) is 11.1 Å². The number of halogens is 2. The lowest BCUT2D eigenvalue weighted by Gasteiger charge is -2.29. The molecule has 2 heterocycles. The molecule has 1 aromatic rings. The van der Waals surface area contributed by atoms with E-state index in [1.54, 1.807) is 18.8 Å². The van der Waals surface area contributed by atoms with Crippen molar-refractivity contribution >= 4 is 41.4 Å². The van der Waals surface area contributed by atoms with E-state index in [4.69, 9.17) is 47.7 Å². The van der Waals surface area contributed by atoms with Crippen LogP contribution in [0.4, 0.5) is 4.39 Å². The van der Waals surface area contributed by atoms with Gasteiger partial charge in [0.05, 0.1) is 17.7 Å². The van der Waals surface area contributed by atoms with Crippen LogP contribution in [0.2, 0.25) is 0 Å². The molecule has 4 radical (unpaired) electrons. The lowest BCUT2D eigenvalue weighted by atomic mass is 9.60. The van der Waals surface area contributed by atoms with Crippen molar-refractivity contribution in [1.29, 1.82) is 0 Å². The summed E-state index contributed by atoms with van der Waals surface area (Å²) in [5.74, 6) is -0.0858. The number of aliphatic hydroxyl groups is 1. The van der Waals surface area contributed by atoms with Crippen molar-refractivity contribution in [3.63, 3.8) is 0 Å². The van der Waals surface area contributed by atoms with E-state index in [0.717, 1.165) is 0 Å². The van der Waals surface area contributed by atoms with Crippen molar-refractivity contribution in [2.75, 3.05) is 0 Å². The largest absolute Gasteiger partial charge is 0.612 e. The number of hydrogen-bond acceptors (Lipinski definition) is 8. The average Bonchev–Trinajstić information content (AvgIpc) is 2.96. The Morgan fingerprint density at radius 1 is 1.52 bits per heavy atom. The number of H-pyrrole nitrogens is 1. The first-order valence-electron chi connectivity index (χ1n) is 9.36. The monoisotopic (exact) mass is 500 g/mol. The summed E-state index contributed by atoms with van der Waals surface area (Å²) in [5, 5.41) is 10.4. The third-order valence-electron chi connectivity index (χ3n) is 4.44. The number of hydrogen-bond donors (Lipinski definition) is 3. The Morgan fingerprint density at radius 2 is 2.12 bits per heavy atom. The smallest absolute Gasteiger partial charge is 0.462 e. The second-order valence-corrected chi connectivity index (χ2v) is 9.03. The van der Waals surface area contributed by atoms with Gasteiger partial charge in [-0.25, -0.2) is 4.79 Å². The normalized spacial score (nSPS) is 26.6. The van der Waals surface area contributed by atoms with Gasteiger partial charge in [-0.3, -0.25) is 19.1 Å². The molecule has 3 unspecified atom stereocenters. The minimum atomic E-state index is -2.93. The number of nitrogens with zero attached hydrogens (tertiary/aromatic N) is 1. The molecule has 3 N–H and O–H groups in total. The Bertz CT molecular complexity index is 1090. The third-order valence-corrected chi connectivity index (χ3v) is 6.04. The van der Waals surface area contributed by atoms with E-state index in [9.17, 15) is 28.4 Å². The second-order valence-electron chi connectivity index (χ2n) is 7.45. The molecule has 1 aliphatic rings. The molecule has 2 rings (SSSR count). The van der Waals surface area contributed by atoms with Crippen molar-refractivity contribution in [3.05, 3.63) is 32.9 Å². The highest BCUT2D eigenvalue weighted by molar-refractivity contribution is 7.37. The molecule has 0 spiro atoms. The number of esters is 1. The average molecular weight is 500 g/mol. The zero-order valence-electron chi connectivity index (χ0n) is 17.7. The summed E-state index contributed by atoms with van der Waals surface area (Å²) in [6.45, 7) is 4.57. The number of aliphatic hydroxyl groups excluding tert-OH is 1. The van der Waals surface area contributed by atoms with Crippen LogP contribution in [0.25, 0.3) is 0 Å². The van der Waals surface area contributed by atoms with Gasteiger partial charge >= 0.3 is 19.8 Å². The molecule has 1 saturated heterocycles. The molecular weight excluding hydrogens is 481 g/mol. The van der Waals surface area contributed by atoms with E-state index < -0.39 is 72.1 Å². The summed E-state index contributed by atoms with van der Waals surface area (Å²) in [5.41, 5.74) is -2.47. The number of carbonyl (C=O) groups excluding carboxylic acids is 1. The Morgan fingerprint density at radius 3 is 2.67 bits per heavy atom. The summed E-state index contributed by atoms with van der Waals surface area (Å²) in [4.78, 5) is 34.7. The van der Waals surface area contributed by atoms with Gasteiger partial charge < -0.3 is 14.6 Å². The molecule has 174 valence electrons. The highest BCUT2D eigenvalue weighted by Crippen LogP contribution is 2.46. The van der Waals surface area contributed by atoms with E-state index in [1.165, 1.54) is 6.92 Å². The first kappa shape index (κ1) is 27.2. The summed E-state index contributed by atoms with van der Waals surface area (Å²) < 4.78 is 42.0. The first-order chi connectivity index (χ1) is 15.1. The molecule has 0 aromatic carbocycles. The number of aromatic nitrogens is 2. The maximum absolute atomic E-state index is 13.8. The van der Waals surface area contributed by atoms with Gasteiger partial charge in [0, 0.05) is 0 Å². The van der Waals surface area contributed by atoms with Crippen LogP contribution in [0, 0.1) is 18.2 Å².